The Morgan fingerprint density at radius 3 is 2.33 bits per heavy atom. The Kier molecular flexibility index (Phi) is 8.74. The number of carbonyl (C=O) groups excluding carboxylic acids is 1. The summed E-state index contributed by atoms with van der Waals surface area (Å²) in [6.07, 6.45) is -0.0442. The molecule has 68 valence electrons. The lowest BCUT2D eigenvalue weighted by atomic mass is 10.3. The summed E-state index contributed by atoms with van der Waals surface area (Å²) in [6, 6.07) is 0. The van der Waals surface area contributed by atoms with E-state index in [1.54, 1.807) is 6.92 Å². The normalized spacial score (nSPS) is 11.2. The molecular weight excluding hydrogens is 172 g/mol. The molecule has 0 spiro atoms. The molecular formula is C7H14MgO4. The second-order valence-electron chi connectivity index (χ2n) is 2.28. The van der Waals surface area contributed by atoms with Gasteiger partial charge in [-0.15, -0.1) is 0 Å². The number of hydrogen-bond donors (Lipinski definition) is 1. The first kappa shape index (κ1) is 14.2. The van der Waals surface area contributed by atoms with E-state index in [9.17, 15) is 9.59 Å². The summed E-state index contributed by atoms with van der Waals surface area (Å²) in [7, 11) is 0. The van der Waals surface area contributed by atoms with Crippen LogP contribution in [0.5, 0.6) is 0 Å². The molecule has 0 aliphatic rings. The summed E-state index contributed by atoms with van der Waals surface area (Å²) in [5, 5.41) is 8.17. The molecule has 0 saturated heterocycles. The van der Waals surface area contributed by atoms with Crippen molar-refractivity contribution in [1.82, 2.24) is 0 Å². The van der Waals surface area contributed by atoms with Crippen LogP contribution in [-0.2, 0) is 14.3 Å². The second-order valence-corrected chi connectivity index (χ2v) is 2.28. The van der Waals surface area contributed by atoms with Crippen molar-refractivity contribution in [2.75, 3.05) is 0 Å². The number of esters is 1. The summed E-state index contributed by atoms with van der Waals surface area (Å²) in [4.78, 5) is 20.6. The summed E-state index contributed by atoms with van der Waals surface area (Å²) in [5.41, 5.74) is 0. The maximum absolute atomic E-state index is 10.6. The van der Waals surface area contributed by atoms with Gasteiger partial charge in [-0.05, 0) is 13.3 Å². The third kappa shape index (κ3) is 7.81. The number of carbonyl (C=O) groups is 2. The van der Waals surface area contributed by atoms with E-state index in [0.29, 0.717) is 6.42 Å². The van der Waals surface area contributed by atoms with Gasteiger partial charge in [-0.3, -0.25) is 9.59 Å². The Labute approximate surface area is 87.4 Å². The van der Waals surface area contributed by atoms with E-state index in [1.807, 2.05) is 6.92 Å². The van der Waals surface area contributed by atoms with Crippen LogP contribution in [0.4, 0.5) is 0 Å². The topological polar surface area (TPSA) is 63.6 Å². The molecule has 0 saturated carbocycles. The van der Waals surface area contributed by atoms with E-state index in [0.717, 1.165) is 0 Å². The Morgan fingerprint density at radius 1 is 1.50 bits per heavy atom. The van der Waals surface area contributed by atoms with Crippen molar-refractivity contribution in [3.63, 3.8) is 0 Å². The summed E-state index contributed by atoms with van der Waals surface area (Å²) < 4.78 is 4.69. The van der Waals surface area contributed by atoms with E-state index >= 15 is 0 Å². The Morgan fingerprint density at radius 2 is 2.00 bits per heavy atom. The number of carboxylic acids is 1. The number of rotatable bonds is 4. The monoisotopic (exact) mass is 186 g/mol. The quantitative estimate of drug-likeness (QED) is 0.378. The number of aliphatic carboxylic acids is 1. The van der Waals surface area contributed by atoms with Crippen LogP contribution in [-0.4, -0.2) is 46.2 Å². The second kappa shape index (κ2) is 7.36. The molecule has 0 fully saturated rings. The highest BCUT2D eigenvalue weighted by Gasteiger charge is 2.11. The highest BCUT2D eigenvalue weighted by atomic mass is 24.3. The fourth-order valence-corrected chi connectivity index (χ4v) is 0.473. The van der Waals surface area contributed by atoms with E-state index in [1.165, 1.54) is 0 Å². The van der Waals surface area contributed by atoms with Gasteiger partial charge in [-0.2, -0.15) is 0 Å². The Balaban J connectivity index is 0. The molecule has 0 amide bonds. The molecule has 0 aliphatic carbocycles. The minimum Gasteiger partial charge on any atom is -0.481 e. The largest absolute Gasteiger partial charge is 0.481 e. The maximum atomic E-state index is 10.6. The van der Waals surface area contributed by atoms with Crippen LogP contribution in [0.3, 0.4) is 0 Å². The fourth-order valence-electron chi connectivity index (χ4n) is 0.473. The maximum Gasteiger partial charge on any atom is 0.317 e. The highest BCUT2D eigenvalue weighted by molar-refractivity contribution is 5.90. The average molecular weight is 186 g/mol. The van der Waals surface area contributed by atoms with Crippen molar-refractivity contribution in [2.24, 2.45) is 0 Å². The van der Waals surface area contributed by atoms with Crippen LogP contribution in [0.1, 0.15) is 26.7 Å². The molecule has 0 bridgehead atoms. The van der Waals surface area contributed by atoms with Gasteiger partial charge in [-0.1, -0.05) is 6.92 Å². The van der Waals surface area contributed by atoms with Crippen molar-refractivity contribution in [1.29, 1.82) is 0 Å². The van der Waals surface area contributed by atoms with Crippen molar-refractivity contribution in [2.45, 2.75) is 32.8 Å². The predicted molar refractivity (Wildman–Crippen MR) is 46.6 cm³/mol. The van der Waals surface area contributed by atoms with Gasteiger partial charge in [0.15, 0.2) is 0 Å². The van der Waals surface area contributed by atoms with Gasteiger partial charge in [0, 0.05) is 0 Å². The van der Waals surface area contributed by atoms with Crippen LogP contribution in [0.15, 0.2) is 0 Å². The van der Waals surface area contributed by atoms with Gasteiger partial charge < -0.3 is 9.84 Å². The third-order valence-corrected chi connectivity index (χ3v) is 1.20. The molecule has 0 aliphatic heterocycles. The molecule has 0 aromatic heterocycles. The number of hydrogen-bond acceptors (Lipinski definition) is 3. The minimum absolute atomic E-state index is 0. The molecule has 12 heavy (non-hydrogen) atoms. The first-order chi connectivity index (χ1) is 5.06. The molecule has 1 N–H and O–H groups in total. The van der Waals surface area contributed by atoms with Gasteiger partial charge in [0.1, 0.15) is 6.42 Å². The van der Waals surface area contributed by atoms with Crippen LogP contribution in [0, 0.1) is 0 Å². The fraction of sp³-hybridized carbons (Fsp3) is 0.714. The zero-order chi connectivity index (χ0) is 8.85. The van der Waals surface area contributed by atoms with Crippen LogP contribution in [0.2, 0.25) is 0 Å². The molecule has 5 heteroatoms. The zero-order valence-electron chi connectivity index (χ0n) is 6.66. The van der Waals surface area contributed by atoms with Crippen molar-refractivity contribution in [3.8, 4) is 0 Å². The number of carboxylic acid groups (broad SMARTS) is 1. The summed E-state index contributed by atoms with van der Waals surface area (Å²) in [5.74, 6) is -1.83. The Hall–Kier alpha value is -0.294. The lowest BCUT2D eigenvalue weighted by molar-refractivity contribution is -0.154. The number of ether oxygens (including phenoxy) is 1. The smallest absolute Gasteiger partial charge is 0.317 e. The molecule has 0 heterocycles. The summed E-state index contributed by atoms with van der Waals surface area (Å²) in [6.45, 7) is 3.58. The molecule has 4 nitrogen and oxygen atoms in total. The van der Waals surface area contributed by atoms with E-state index < -0.39 is 18.4 Å². The Bertz CT molecular complexity index is 157. The van der Waals surface area contributed by atoms with Gasteiger partial charge in [-0.25, -0.2) is 0 Å². The zero-order valence-corrected chi connectivity index (χ0v) is 6.66. The lowest BCUT2D eigenvalue weighted by Gasteiger charge is -2.08. The molecule has 0 aromatic carbocycles. The lowest BCUT2D eigenvalue weighted by Crippen LogP contribution is -2.16. The first-order valence-corrected chi connectivity index (χ1v) is 3.47. The van der Waals surface area contributed by atoms with E-state index in [4.69, 9.17) is 9.84 Å². The van der Waals surface area contributed by atoms with Crippen molar-refractivity contribution < 1.29 is 19.4 Å². The van der Waals surface area contributed by atoms with Crippen molar-refractivity contribution >= 4 is 35.0 Å². The SMILES string of the molecule is CCC(C)OC(=O)CC(=O)O.[MgH2]. The molecule has 0 radical (unpaired) electrons. The van der Waals surface area contributed by atoms with Crippen LogP contribution in [0.25, 0.3) is 0 Å². The third-order valence-electron chi connectivity index (χ3n) is 1.20. The molecule has 1 atom stereocenters. The van der Waals surface area contributed by atoms with Crippen molar-refractivity contribution in [3.05, 3.63) is 0 Å². The molecule has 0 rings (SSSR count). The van der Waals surface area contributed by atoms with Crippen LogP contribution >= 0.6 is 0 Å². The standard InChI is InChI=1S/C7H12O4.Mg.2H/c1-3-5(2)11-7(10)4-6(8)9;;;/h5H,3-4H2,1-2H3,(H,8,9);;;. The van der Waals surface area contributed by atoms with Gasteiger partial charge in [0.25, 0.3) is 0 Å². The minimum atomic E-state index is -1.15. The average Bonchev–Trinajstić information content (AvgIpc) is 1.85. The summed E-state index contributed by atoms with van der Waals surface area (Å²) >= 11 is 0. The van der Waals surface area contributed by atoms with Crippen LogP contribution < -0.4 is 0 Å². The highest BCUT2D eigenvalue weighted by Crippen LogP contribution is 1.98. The molecule has 1 unspecified atom stereocenters. The predicted octanol–water partition coefficient (Wildman–Crippen LogP) is -0.113. The first-order valence-electron chi connectivity index (χ1n) is 3.47. The van der Waals surface area contributed by atoms with E-state index in [2.05, 4.69) is 0 Å². The van der Waals surface area contributed by atoms with Gasteiger partial charge in [0.05, 0.1) is 6.10 Å². The van der Waals surface area contributed by atoms with Gasteiger partial charge in [0.2, 0.25) is 0 Å². The molecule has 0 aromatic rings. The van der Waals surface area contributed by atoms with E-state index in [-0.39, 0.29) is 29.2 Å². The van der Waals surface area contributed by atoms with Gasteiger partial charge >= 0.3 is 35.0 Å².